The summed E-state index contributed by atoms with van der Waals surface area (Å²) in [6.45, 7) is 8.47. The topological polar surface area (TPSA) is 69.7 Å². The van der Waals surface area contributed by atoms with Crippen LogP contribution in [-0.2, 0) is 16.0 Å². The Morgan fingerprint density at radius 3 is 3.00 bits per heavy atom. The average Bonchev–Trinajstić information content (AvgIpc) is 2.86. The first-order chi connectivity index (χ1) is 9.63. The SMILES string of the molecule is CCN1CCOC(COC(=O)c2cc(N)cn2CC)C1. The Hall–Kier alpha value is -1.53. The molecule has 1 aliphatic rings. The molecule has 0 radical (unpaired) electrons. The summed E-state index contributed by atoms with van der Waals surface area (Å²) in [5.74, 6) is -0.347. The summed E-state index contributed by atoms with van der Waals surface area (Å²) in [7, 11) is 0. The van der Waals surface area contributed by atoms with Crippen LogP contribution >= 0.6 is 0 Å². The molecule has 2 rings (SSSR count). The highest BCUT2D eigenvalue weighted by Crippen LogP contribution is 2.13. The summed E-state index contributed by atoms with van der Waals surface area (Å²) in [6.07, 6.45) is 1.70. The molecule has 6 nitrogen and oxygen atoms in total. The van der Waals surface area contributed by atoms with E-state index < -0.39 is 0 Å². The van der Waals surface area contributed by atoms with Gasteiger partial charge in [0.1, 0.15) is 18.4 Å². The minimum absolute atomic E-state index is 0.0463. The molecule has 0 spiro atoms. The lowest BCUT2D eigenvalue weighted by molar-refractivity contribution is -0.0580. The van der Waals surface area contributed by atoms with Gasteiger partial charge in [0.25, 0.3) is 0 Å². The highest BCUT2D eigenvalue weighted by atomic mass is 16.6. The molecule has 0 aromatic carbocycles. The van der Waals surface area contributed by atoms with E-state index >= 15 is 0 Å². The zero-order valence-electron chi connectivity index (χ0n) is 12.2. The Morgan fingerprint density at radius 1 is 1.50 bits per heavy atom. The molecule has 0 saturated carbocycles. The fourth-order valence-corrected chi connectivity index (χ4v) is 2.38. The van der Waals surface area contributed by atoms with E-state index in [1.54, 1.807) is 16.8 Å². The monoisotopic (exact) mass is 281 g/mol. The van der Waals surface area contributed by atoms with Gasteiger partial charge in [-0.2, -0.15) is 0 Å². The maximum absolute atomic E-state index is 12.1. The number of nitrogens with zero attached hydrogens (tertiary/aromatic N) is 2. The summed E-state index contributed by atoms with van der Waals surface area (Å²) in [5.41, 5.74) is 6.78. The van der Waals surface area contributed by atoms with Gasteiger partial charge in [0.2, 0.25) is 0 Å². The van der Waals surface area contributed by atoms with Crippen molar-refractivity contribution >= 4 is 11.7 Å². The fourth-order valence-electron chi connectivity index (χ4n) is 2.38. The van der Waals surface area contributed by atoms with Gasteiger partial charge < -0.3 is 19.8 Å². The van der Waals surface area contributed by atoms with Gasteiger partial charge in [0.05, 0.1) is 12.3 Å². The van der Waals surface area contributed by atoms with Crippen LogP contribution in [0.3, 0.4) is 0 Å². The van der Waals surface area contributed by atoms with Gasteiger partial charge in [0, 0.05) is 25.8 Å². The van der Waals surface area contributed by atoms with Crippen molar-refractivity contribution in [3.63, 3.8) is 0 Å². The number of anilines is 1. The number of rotatable bonds is 5. The average molecular weight is 281 g/mol. The van der Waals surface area contributed by atoms with Gasteiger partial charge >= 0.3 is 5.97 Å². The predicted molar refractivity (Wildman–Crippen MR) is 76.7 cm³/mol. The van der Waals surface area contributed by atoms with Crippen LogP contribution in [0.5, 0.6) is 0 Å². The summed E-state index contributed by atoms with van der Waals surface area (Å²) < 4.78 is 12.7. The molecule has 2 N–H and O–H groups in total. The van der Waals surface area contributed by atoms with Crippen LogP contribution in [0.25, 0.3) is 0 Å². The van der Waals surface area contributed by atoms with Crippen molar-refractivity contribution in [3.8, 4) is 0 Å². The highest BCUT2D eigenvalue weighted by molar-refractivity contribution is 5.89. The first-order valence-electron chi connectivity index (χ1n) is 7.10. The Bertz CT molecular complexity index is 459. The predicted octanol–water partition coefficient (Wildman–Crippen LogP) is 0.968. The summed E-state index contributed by atoms with van der Waals surface area (Å²) in [4.78, 5) is 14.4. The molecule has 0 aliphatic carbocycles. The van der Waals surface area contributed by atoms with Crippen molar-refractivity contribution in [2.45, 2.75) is 26.5 Å². The smallest absolute Gasteiger partial charge is 0.355 e. The lowest BCUT2D eigenvalue weighted by Gasteiger charge is -2.31. The van der Waals surface area contributed by atoms with Crippen LogP contribution in [-0.4, -0.2) is 54.4 Å². The minimum atomic E-state index is -0.347. The fraction of sp³-hybridized carbons (Fsp3) is 0.643. The van der Waals surface area contributed by atoms with Crippen LogP contribution in [0.15, 0.2) is 12.3 Å². The molecule has 1 aliphatic heterocycles. The number of hydrogen-bond acceptors (Lipinski definition) is 5. The van der Waals surface area contributed by atoms with Crippen LogP contribution in [0.2, 0.25) is 0 Å². The number of ether oxygens (including phenoxy) is 2. The van der Waals surface area contributed by atoms with Crippen molar-refractivity contribution in [1.82, 2.24) is 9.47 Å². The quantitative estimate of drug-likeness (QED) is 0.814. The number of carbonyl (C=O) groups is 1. The maximum atomic E-state index is 12.1. The number of esters is 1. The number of morpholine rings is 1. The van der Waals surface area contributed by atoms with E-state index in [9.17, 15) is 4.79 Å². The van der Waals surface area contributed by atoms with Crippen molar-refractivity contribution in [2.24, 2.45) is 0 Å². The second kappa shape index (κ2) is 6.76. The third-order valence-electron chi connectivity index (χ3n) is 3.54. The number of aryl methyl sites for hydroxylation is 1. The van der Waals surface area contributed by atoms with E-state index in [-0.39, 0.29) is 18.7 Å². The third-order valence-corrected chi connectivity index (χ3v) is 3.54. The van der Waals surface area contributed by atoms with E-state index in [1.165, 1.54) is 0 Å². The Kier molecular flexibility index (Phi) is 5.03. The second-order valence-corrected chi connectivity index (χ2v) is 4.93. The molecule has 0 bridgehead atoms. The van der Waals surface area contributed by atoms with Crippen LogP contribution in [0, 0.1) is 0 Å². The second-order valence-electron chi connectivity index (χ2n) is 4.93. The minimum Gasteiger partial charge on any atom is -0.458 e. The van der Waals surface area contributed by atoms with Crippen LogP contribution in [0.1, 0.15) is 24.3 Å². The lowest BCUT2D eigenvalue weighted by atomic mass is 10.3. The highest BCUT2D eigenvalue weighted by Gasteiger charge is 2.22. The molecule has 1 aromatic rings. The standard InChI is InChI=1S/C14H23N3O3/c1-3-16-5-6-19-12(9-16)10-20-14(18)13-7-11(15)8-17(13)4-2/h7-8,12H,3-6,9-10,15H2,1-2H3. The molecule has 1 aromatic heterocycles. The van der Waals surface area contributed by atoms with Crippen molar-refractivity contribution in [2.75, 3.05) is 38.6 Å². The van der Waals surface area contributed by atoms with Crippen molar-refractivity contribution in [1.29, 1.82) is 0 Å². The van der Waals surface area contributed by atoms with Gasteiger partial charge in [-0.05, 0) is 19.5 Å². The van der Waals surface area contributed by atoms with Crippen LogP contribution in [0.4, 0.5) is 5.69 Å². The zero-order valence-corrected chi connectivity index (χ0v) is 12.2. The van der Waals surface area contributed by atoms with E-state index in [4.69, 9.17) is 15.2 Å². The Labute approximate surface area is 119 Å². The molecule has 1 unspecified atom stereocenters. The number of nitrogen functional groups attached to an aromatic ring is 1. The number of likely N-dealkylation sites (N-methyl/N-ethyl adjacent to an activating group) is 1. The molecule has 2 heterocycles. The number of hydrogen-bond donors (Lipinski definition) is 1. The zero-order chi connectivity index (χ0) is 14.5. The molecule has 6 heteroatoms. The van der Waals surface area contributed by atoms with E-state index in [1.807, 2.05) is 6.92 Å². The Morgan fingerprint density at radius 2 is 2.30 bits per heavy atom. The maximum Gasteiger partial charge on any atom is 0.355 e. The summed E-state index contributed by atoms with van der Waals surface area (Å²) in [6, 6.07) is 1.64. The number of aromatic nitrogens is 1. The molecule has 1 fully saturated rings. The first-order valence-corrected chi connectivity index (χ1v) is 7.10. The van der Waals surface area contributed by atoms with Crippen molar-refractivity contribution < 1.29 is 14.3 Å². The Balaban J connectivity index is 1.88. The molecule has 112 valence electrons. The molecule has 1 saturated heterocycles. The van der Waals surface area contributed by atoms with Gasteiger partial charge in [0.15, 0.2) is 0 Å². The van der Waals surface area contributed by atoms with Gasteiger partial charge in [-0.3, -0.25) is 4.90 Å². The summed E-state index contributed by atoms with van der Waals surface area (Å²) in [5, 5.41) is 0. The normalized spacial score (nSPS) is 20.0. The molecule has 20 heavy (non-hydrogen) atoms. The van der Waals surface area contributed by atoms with Gasteiger partial charge in [-0.25, -0.2) is 4.79 Å². The van der Waals surface area contributed by atoms with Gasteiger partial charge in [-0.1, -0.05) is 6.92 Å². The summed E-state index contributed by atoms with van der Waals surface area (Å²) >= 11 is 0. The van der Waals surface area contributed by atoms with E-state index in [0.29, 0.717) is 24.5 Å². The molecule has 1 atom stereocenters. The number of nitrogens with two attached hydrogens (primary N) is 1. The van der Waals surface area contributed by atoms with Crippen LogP contribution < -0.4 is 5.73 Å². The van der Waals surface area contributed by atoms with E-state index in [2.05, 4.69) is 11.8 Å². The first kappa shape index (κ1) is 14.9. The lowest BCUT2D eigenvalue weighted by Crippen LogP contribution is -2.44. The third kappa shape index (κ3) is 3.52. The molecular weight excluding hydrogens is 258 g/mol. The van der Waals surface area contributed by atoms with Gasteiger partial charge in [-0.15, -0.1) is 0 Å². The largest absolute Gasteiger partial charge is 0.458 e. The number of carbonyl (C=O) groups excluding carboxylic acids is 1. The van der Waals surface area contributed by atoms with E-state index in [0.717, 1.165) is 19.6 Å². The molecule has 0 amide bonds. The van der Waals surface area contributed by atoms with Crippen molar-refractivity contribution in [3.05, 3.63) is 18.0 Å². The molecular formula is C14H23N3O3.